The summed E-state index contributed by atoms with van der Waals surface area (Å²) in [6.45, 7) is 9.62. The molecule has 0 radical (unpaired) electrons. The van der Waals surface area contributed by atoms with Gasteiger partial charge in [0.05, 0.1) is 5.94 Å². The van der Waals surface area contributed by atoms with Crippen molar-refractivity contribution in [3.63, 3.8) is 0 Å². The minimum absolute atomic E-state index is 0. The van der Waals surface area contributed by atoms with Gasteiger partial charge in [0.2, 0.25) is 5.91 Å². The number of rotatable bonds is 15. The zero-order valence-corrected chi connectivity index (χ0v) is 19.3. The van der Waals surface area contributed by atoms with Gasteiger partial charge in [-0.1, -0.05) is 53.9 Å². The summed E-state index contributed by atoms with van der Waals surface area (Å²) in [4.78, 5) is 39.9. The number of nitrogens with zero attached hydrogens (tertiary/aromatic N) is 2. The van der Waals surface area contributed by atoms with E-state index in [0.717, 1.165) is 6.42 Å². The summed E-state index contributed by atoms with van der Waals surface area (Å²) in [5.41, 5.74) is 6.54. The van der Waals surface area contributed by atoms with Crippen molar-refractivity contribution in [2.45, 2.75) is 86.5 Å². The highest BCUT2D eigenvalue weighted by molar-refractivity contribution is 6.43. The Morgan fingerprint density at radius 3 is 2.34 bits per heavy atom. The van der Waals surface area contributed by atoms with Gasteiger partial charge in [0.15, 0.2) is 5.03 Å². The molecule has 0 aliphatic carbocycles. The minimum atomic E-state index is -1.71. The van der Waals surface area contributed by atoms with E-state index in [9.17, 15) is 29.8 Å². The van der Waals surface area contributed by atoms with Crippen molar-refractivity contribution in [2.24, 2.45) is 28.0 Å². The summed E-state index contributed by atoms with van der Waals surface area (Å²) in [7, 11) is -1.71. The van der Waals surface area contributed by atoms with Crippen LogP contribution >= 0.6 is 0 Å². The predicted molar refractivity (Wildman–Crippen MR) is 126 cm³/mol. The van der Waals surface area contributed by atoms with Gasteiger partial charge in [-0.2, -0.15) is 0 Å². The molecule has 0 fully saturated rings. The van der Waals surface area contributed by atoms with Crippen LogP contribution < -0.4 is 16.5 Å². The lowest BCUT2D eigenvalue weighted by Crippen LogP contribution is -2.49. The van der Waals surface area contributed by atoms with Crippen LogP contribution in [0.15, 0.2) is 4.99 Å². The van der Waals surface area contributed by atoms with Gasteiger partial charge in [0, 0.05) is 24.3 Å². The molecule has 0 aromatic heterocycles. The zero-order chi connectivity index (χ0) is 24.2. The highest BCUT2D eigenvalue weighted by Crippen LogP contribution is 2.28. The topological polar surface area (TPSA) is 180 Å². The van der Waals surface area contributed by atoms with Crippen LogP contribution in [0.3, 0.4) is 0 Å². The fraction of sp³-hybridized carbons (Fsp3) is 0.850. The second-order valence-electron chi connectivity index (χ2n) is 8.89. The minimum Gasteiger partial charge on any atom is -0.426 e. The van der Waals surface area contributed by atoms with Gasteiger partial charge >= 0.3 is 7.12 Å². The smallest absolute Gasteiger partial charge is 0.426 e. The van der Waals surface area contributed by atoms with Gasteiger partial charge in [0.1, 0.15) is 5.78 Å². The molecule has 0 rings (SSSR count). The first-order valence-electron chi connectivity index (χ1n) is 10.7. The van der Waals surface area contributed by atoms with E-state index in [4.69, 9.17) is 5.73 Å². The van der Waals surface area contributed by atoms with Crippen LogP contribution in [-0.4, -0.2) is 52.3 Å². The summed E-state index contributed by atoms with van der Waals surface area (Å²) in [6, 6.07) is 0. The van der Waals surface area contributed by atoms with Crippen molar-refractivity contribution in [3.05, 3.63) is 10.1 Å². The molecule has 1 amide bonds. The largest absolute Gasteiger partial charge is 0.475 e. The number of guanidine groups is 1. The summed E-state index contributed by atoms with van der Waals surface area (Å²) >= 11 is 0. The van der Waals surface area contributed by atoms with Crippen molar-refractivity contribution in [2.75, 3.05) is 6.54 Å². The summed E-state index contributed by atoms with van der Waals surface area (Å²) in [6.07, 6.45) is 2.58. The van der Waals surface area contributed by atoms with E-state index in [0.29, 0.717) is 25.7 Å². The average molecular weight is 459 g/mol. The third-order valence-electron chi connectivity index (χ3n) is 5.04. The van der Waals surface area contributed by atoms with Crippen molar-refractivity contribution < 1.29 is 24.7 Å². The van der Waals surface area contributed by atoms with Crippen LogP contribution in [0.2, 0.25) is 0 Å². The van der Waals surface area contributed by atoms with Crippen LogP contribution in [0, 0.1) is 27.4 Å². The lowest BCUT2D eigenvalue weighted by atomic mass is 9.74. The molecule has 12 heteroatoms. The molecule has 0 unspecified atom stereocenters. The van der Waals surface area contributed by atoms with Crippen molar-refractivity contribution in [3.8, 4) is 0 Å². The molecule has 2 atom stereocenters. The molecule has 0 heterocycles. The predicted octanol–water partition coefficient (Wildman–Crippen LogP) is 1.44. The summed E-state index contributed by atoms with van der Waals surface area (Å²) < 4.78 is 0. The van der Waals surface area contributed by atoms with E-state index < -0.39 is 35.3 Å². The molecular weight excluding hydrogens is 417 g/mol. The Bertz CT molecular complexity index is 628. The Kier molecular flexibility index (Phi) is 15.6. The van der Waals surface area contributed by atoms with E-state index in [-0.39, 0.29) is 38.1 Å². The molecule has 0 aliphatic rings. The zero-order valence-electron chi connectivity index (χ0n) is 19.3. The van der Waals surface area contributed by atoms with Crippen molar-refractivity contribution in [1.82, 2.24) is 10.7 Å². The number of carbonyl (C=O) groups excluding carboxylic acids is 2. The van der Waals surface area contributed by atoms with Crippen LogP contribution in [0.25, 0.3) is 0 Å². The van der Waals surface area contributed by atoms with Gasteiger partial charge in [0.25, 0.3) is 5.96 Å². The standard InChI is InChI=1S/C19H38BN5O6.CH4/c1-6-9-19(4,5)15(26)12-14(8-7-10-22-18(21)24-25(30)31)17(27)23-16(20(28)29)11-13(2)3;/h13-14,16,28-29H,6-12H2,1-5H3,(H,23,27)(H3,21,22,24);1H4/t14-,16+;/m1./s1. The lowest BCUT2D eigenvalue weighted by Gasteiger charge is -2.27. The molecule has 6 N–H and O–H groups in total. The quantitative estimate of drug-likeness (QED) is 0.0609. The Morgan fingerprint density at radius 2 is 1.88 bits per heavy atom. The Hall–Kier alpha value is -2.21. The number of hydrazine groups is 1. The van der Waals surface area contributed by atoms with Crippen molar-refractivity contribution >= 4 is 24.8 Å². The number of carbonyl (C=O) groups is 2. The van der Waals surface area contributed by atoms with E-state index in [1.165, 1.54) is 0 Å². The van der Waals surface area contributed by atoms with Crippen LogP contribution in [0.4, 0.5) is 0 Å². The maximum Gasteiger partial charge on any atom is 0.475 e. The molecule has 0 bridgehead atoms. The number of nitro groups is 1. The van der Waals surface area contributed by atoms with E-state index in [2.05, 4.69) is 10.3 Å². The lowest BCUT2D eigenvalue weighted by molar-refractivity contribution is -0.525. The first-order valence-corrected chi connectivity index (χ1v) is 10.7. The number of amides is 1. The molecular formula is C20H42BN5O6. The fourth-order valence-electron chi connectivity index (χ4n) is 3.32. The number of hydrogen-bond donors (Lipinski definition) is 5. The molecule has 0 saturated carbocycles. The van der Waals surface area contributed by atoms with Crippen LogP contribution in [0.5, 0.6) is 0 Å². The molecule has 0 aliphatic heterocycles. The average Bonchev–Trinajstić information content (AvgIpc) is 2.62. The normalized spacial score (nSPS) is 13.7. The van der Waals surface area contributed by atoms with Gasteiger partial charge in [-0.3, -0.25) is 9.59 Å². The Morgan fingerprint density at radius 1 is 1.28 bits per heavy atom. The third-order valence-corrected chi connectivity index (χ3v) is 5.04. The maximum atomic E-state index is 12.9. The molecule has 0 spiro atoms. The molecule has 32 heavy (non-hydrogen) atoms. The monoisotopic (exact) mass is 459 g/mol. The van der Waals surface area contributed by atoms with Crippen molar-refractivity contribution in [1.29, 1.82) is 0 Å². The highest BCUT2D eigenvalue weighted by atomic mass is 16.7. The van der Waals surface area contributed by atoms with Gasteiger partial charge < -0.3 is 21.1 Å². The number of nitrogens with two attached hydrogens (primary N) is 1. The van der Waals surface area contributed by atoms with E-state index in [1.54, 1.807) is 5.43 Å². The molecule has 11 nitrogen and oxygen atoms in total. The Labute approximate surface area is 191 Å². The number of nitrogens with one attached hydrogen (secondary N) is 2. The molecule has 0 aromatic carbocycles. The first kappa shape index (κ1) is 32.0. The molecule has 0 saturated heterocycles. The number of ketones is 1. The second kappa shape index (κ2) is 15.6. The SMILES string of the molecule is C.CCCC(C)(C)C(=O)C[C@@H](CCCN=C(N)N[N+](=O)[O-])C(=O)N[C@@H](CC(C)C)B(O)O. The number of hydrogen-bond acceptors (Lipinski definition) is 7. The van der Waals surface area contributed by atoms with E-state index >= 15 is 0 Å². The maximum absolute atomic E-state index is 12.9. The number of Topliss-reactive ketones (excluding diaryl/α,β-unsaturated/α-hetero) is 1. The van der Waals surface area contributed by atoms with Crippen LogP contribution in [0.1, 0.15) is 80.6 Å². The molecule has 0 aromatic rings. The highest BCUT2D eigenvalue weighted by Gasteiger charge is 2.33. The van der Waals surface area contributed by atoms with Gasteiger partial charge in [-0.15, -0.1) is 0 Å². The fourth-order valence-corrected chi connectivity index (χ4v) is 3.32. The Balaban J connectivity index is 0. The van der Waals surface area contributed by atoms with Gasteiger partial charge in [-0.05, 0) is 31.6 Å². The van der Waals surface area contributed by atoms with Crippen LogP contribution in [-0.2, 0) is 9.59 Å². The molecule has 186 valence electrons. The van der Waals surface area contributed by atoms with Gasteiger partial charge in [-0.25, -0.2) is 15.1 Å². The summed E-state index contributed by atoms with van der Waals surface area (Å²) in [5.74, 6) is -2.21. The van der Waals surface area contributed by atoms with E-state index in [1.807, 2.05) is 34.6 Å². The second-order valence-corrected chi connectivity index (χ2v) is 8.89. The number of aliphatic imine (C=N–C) groups is 1. The summed E-state index contributed by atoms with van der Waals surface area (Å²) in [5, 5.41) is 31.4. The third kappa shape index (κ3) is 13.3. The first-order chi connectivity index (χ1) is 14.3.